The molecule has 6 nitrogen and oxygen atoms in total. The summed E-state index contributed by atoms with van der Waals surface area (Å²) < 4.78 is 0. The predicted molar refractivity (Wildman–Crippen MR) is 105 cm³/mol. The topological polar surface area (TPSA) is 70.2 Å². The van der Waals surface area contributed by atoms with Crippen LogP contribution in [0.15, 0.2) is 30.3 Å². The Morgan fingerprint density at radius 3 is 2.59 bits per heavy atom. The van der Waals surface area contributed by atoms with Crippen LogP contribution in [-0.2, 0) is 0 Å². The molecule has 2 N–H and O–H groups in total. The number of aryl methyl sites for hydroxylation is 2. The van der Waals surface area contributed by atoms with E-state index in [2.05, 4.69) is 20.8 Å². The van der Waals surface area contributed by atoms with Gasteiger partial charge in [0, 0.05) is 48.2 Å². The Labute approximate surface area is 160 Å². The molecule has 6 heteroatoms. The van der Waals surface area contributed by atoms with Crippen LogP contribution in [0.1, 0.15) is 41.0 Å². The van der Waals surface area contributed by atoms with E-state index in [9.17, 15) is 4.79 Å². The van der Waals surface area contributed by atoms with E-state index in [1.807, 2.05) is 51.2 Å². The van der Waals surface area contributed by atoms with Gasteiger partial charge in [-0.1, -0.05) is 12.1 Å². The summed E-state index contributed by atoms with van der Waals surface area (Å²) >= 11 is 0. The van der Waals surface area contributed by atoms with Crippen LogP contribution in [0.2, 0.25) is 0 Å². The predicted octanol–water partition coefficient (Wildman–Crippen LogP) is 2.48. The van der Waals surface area contributed by atoms with Crippen molar-refractivity contribution in [2.24, 2.45) is 5.92 Å². The van der Waals surface area contributed by atoms with E-state index in [1.54, 1.807) is 4.90 Å². The van der Waals surface area contributed by atoms with Crippen molar-refractivity contribution >= 4 is 5.91 Å². The molecule has 0 radical (unpaired) electrons. The summed E-state index contributed by atoms with van der Waals surface area (Å²) in [5, 5.41) is 0. The molecule has 1 aliphatic heterocycles. The first-order chi connectivity index (χ1) is 13.0. The third kappa shape index (κ3) is 4.17. The molecule has 2 atom stereocenters. The van der Waals surface area contributed by atoms with E-state index in [-0.39, 0.29) is 5.91 Å². The molecule has 0 spiro atoms. The Hall–Kier alpha value is -2.31. The minimum absolute atomic E-state index is 0.0258. The summed E-state index contributed by atoms with van der Waals surface area (Å²) in [5.74, 6) is 1.51. The molecule has 1 saturated carbocycles. The lowest BCUT2D eigenvalue weighted by atomic mass is 10.1. The van der Waals surface area contributed by atoms with Crippen LogP contribution in [0.25, 0.3) is 11.4 Å². The quantitative estimate of drug-likeness (QED) is 0.852. The van der Waals surface area contributed by atoms with Crippen LogP contribution in [-0.4, -0.2) is 46.5 Å². The molecule has 142 valence electrons. The zero-order valence-electron chi connectivity index (χ0n) is 16.2. The number of carbonyl (C=O) groups excluding carboxylic acids is 1. The number of rotatable bonds is 5. The molecule has 1 aliphatic carbocycles. The van der Waals surface area contributed by atoms with Crippen molar-refractivity contribution in [2.75, 3.05) is 13.6 Å². The summed E-state index contributed by atoms with van der Waals surface area (Å²) in [6.07, 6.45) is 3.74. The molecular weight excluding hydrogens is 338 g/mol. The first kappa shape index (κ1) is 18.1. The molecule has 2 fully saturated rings. The normalized spacial score (nSPS) is 22.0. The Morgan fingerprint density at radius 2 is 1.89 bits per heavy atom. The van der Waals surface area contributed by atoms with Crippen molar-refractivity contribution in [2.45, 2.75) is 45.2 Å². The number of hydrogen-bond acceptors (Lipinski definition) is 5. The molecule has 1 amide bonds. The van der Waals surface area contributed by atoms with Crippen LogP contribution in [0.4, 0.5) is 0 Å². The van der Waals surface area contributed by atoms with Gasteiger partial charge in [0.1, 0.15) is 0 Å². The number of carbonyl (C=O) groups is 1. The smallest absolute Gasteiger partial charge is 0.253 e. The van der Waals surface area contributed by atoms with Gasteiger partial charge in [-0.2, -0.15) is 0 Å². The van der Waals surface area contributed by atoms with Gasteiger partial charge in [-0.05, 0) is 57.2 Å². The third-order valence-corrected chi connectivity index (χ3v) is 5.39. The molecule has 2 aromatic rings. The maximum Gasteiger partial charge on any atom is 0.253 e. The number of benzene rings is 1. The Morgan fingerprint density at radius 1 is 1.15 bits per heavy atom. The van der Waals surface area contributed by atoms with Crippen LogP contribution < -0.4 is 10.9 Å². The van der Waals surface area contributed by atoms with Gasteiger partial charge in [0.25, 0.3) is 5.91 Å². The molecule has 1 aromatic carbocycles. The molecule has 1 saturated heterocycles. The van der Waals surface area contributed by atoms with Crippen molar-refractivity contribution in [3.63, 3.8) is 0 Å². The lowest BCUT2D eigenvalue weighted by molar-refractivity contribution is 0.0783. The minimum atomic E-state index is 0.0258. The second kappa shape index (κ2) is 7.37. The highest BCUT2D eigenvalue weighted by Gasteiger charge is 2.37. The van der Waals surface area contributed by atoms with Gasteiger partial charge in [0.2, 0.25) is 0 Å². The van der Waals surface area contributed by atoms with E-state index in [0.29, 0.717) is 30.0 Å². The van der Waals surface area contributed by atoms with Gasteiger partial charge in [-0.3, -0.25) is 15.6 Å². The van der Waals surface area contributed by atoms with Gasteiger partial charge >= 0.3 is 0 Å². The Balaban J connectivity index is 1.45. The van der Waals surface area contributed by atoms with Crippen molar-refractivity contribution in [3.05, 3.63) is 47.3 Å². The minimum Gasteiger partial charge on any atom is -0.340 e. The molecule has 2 heterocycles. The Bertz CT molecular complexity index is 828. The van der Waals surface area contributed by atoms with Gasteiger partial charge in [-0.25, -0.2) is 9.97 Å². The highest BCUT2D eigenvalue weighted by Crippen LogP contribution is 2.35. The first-order valence-electron chi connectivity index (χ1n) is 9.69. The Kier molecular flexibility index (Phi) is 4.93. The van der Waals surface area contributed by atoms with E-state index in [0.717, 1.165) is 29.3 Å². The maximum atomic E-state index is 12.9. The van der Waals surface area contributed by atoms with Crippen LogP contribution in [0, 0.1) is 19.8 Å². The molecular formula is C21H27N5O. The fourth-order valence-electron chi connectivity index (χ4n) is 3.86. The summed E-state index contributed by atoms with van der Waals surface area (Å²) in [6, 6.07) is 10.4. The standard InChI is InChI=1S/C21H27N5O/c1-13-9-14(2)23-20(22-13)16-5-4-6-17(10-16)21(27)26(3)12-18-11-19(25-24-18)15-7-8-15/h4-6,9-10,15,18-19,24-25H,7-8,11-12H2,1-3H3. The molecule has 4 rings (SSSR count). The fourth-order valence-corrected chi connectivity index (χ4v) is 3.86. The van der Waals surface area contributed by atoms with Crippen molar-refractivity contribution in [1.82, 2.24) is 25.7 Å². The summed E-state index contributed by atoms with van der Waals surface area (Å²) in [5.41, 5.74) is 10.1. The number of nitrogens with zero attached hydrogens (tertiary/aromatic N) is 3. The fraction of sp³-hybridized carbons (Fsp3) is 0.476. The zero-order chi connectivity index (χ0) is 19.0. The molecule has 2 aliphatic rings. The van der Waals surface area contributed by atoms with Gasteiger partial charge < -0.3 is 4.90 Å². The summed E-state index contributed by atoms with van der Waals surface area (Å²) in [6.45, 7) is 4.61. The van der Waals surface area contributed by atoms with Crippen LogP contribution >= 0.6 is 0 Å². The molecule has 27 heavy (non-hydrogen) atoms. The SMILES string of the molecule is Cc1cc(C)nc(-c2cccc(C(=O)N(C)CC3CC(C4CC4)NN3)c2)n1. The number of amides is 1. The van der Waals surface area contributed by atoms with Crippen molar-refractivity contribution in [1.29, 1.82) is 0 Å². The maximum absolute atomic E-state index is 12.9. The number of hydrogen-bond donors (Lipinski definition) is 2. The number of hydrazine groups is 1. The van der Waals surface area contributed by atoms with Gasteiger partial charge in [0.15, 0.2) is 5.82 Å². The van der Waals surface area contributed by atoms with E-state index in [1.165, 1.54) is 12.8 Å². The largest absolute Gasteiger partial charge is 0.340 e. The highest BCUT2D eigenvalue weighted by atomic mass is 16.2. The lowest BCUT2D eigenvalue weighted by Crippen LogP contribution is -2.41. The zero-order valence-corrected chi connectivity index (χ0v) is 16.2. The number of likely N-dealkylation sites (N-methyl/N-ethyl adjacent to an activating group) is 1. The number of aromatic nitrogens is 2. The van der Waals surface area contributed by atoms with Gasteiger partial charge in [-0.15, -0.1) is 0 Å². The highest BCUT2D eigenvalue weighted by molar-refractivity contribution is 5.95. The van der Waals surface area contributed by atoms with E-state index >= 15 is 0 Å². The number of nitrogens with one attached hydrogen (secondary N) is 2. The lowest BCUT2D eigenvalue weighted by Gasteiger charge is -2.21. The average Bonchev–Trinajstić information content (AvgIpc) is 3.40. The van der Waals surface area contributed by atoms with E-state index < -0.39 is 0 Å². The molecule has 1 aromatic heterocycles. The van der Waals surface area contributed by atoms with Crippen molar-refractivity contribution in [3.8, 4) is 11.4 Å². The second-order valence-electron chi connectivity index (χ2n) is 7.91. The molecule has 2 unspecified atom stereocenters. The third-order valence-electron chi connectivity index (χ3n) is 5.39. The van der Waals surface area contributed by atoms with E-state index in [4.69, 9.17) is 0 Å². The van der Waals surface area contributed by atoms with Gasteiger partial charge in [0.05, 0.1) is 0 Å². The van der Waals surface area contributed by atoms with Crippen molar-refractivity contribution < 1.29 is 4.79 Å². The second-order valence-corrected chi connectivity index (χ2v) is 7.91. The molecule has 0 bridgehead atoms. The van der Waals surface area contributed by atoms with Crippen LogP contribution in [0.5, 0.6) is 0 Å². The van der Waals surface area contributed by atoms with Crippen LogP contribution in [0.3, 0.4) is 0 Å². The first-order valence-corrected chi connectivity index (χ1v) is 9.69. The monoisotopic (exact) mass is 365 g/mol. The average molecular weight is 365 g/mol. The summed E-state index contributed by atoms with van der Waals surface area (Å²) in [7, 11) is 1.87. The summed E-state index contributed by atoms with van der Waals surface area (Å²) in [4.78, 5) is 23.7.